The summed E-state index contributed by atoms with van der Waals surface area (Å²) in [5.41, 5.74) is 1.31. The highest BCUT2D eigenvalue weighted by Crippen LogP contribution is 2.27. The Morgan fingerprint density at radius 3 is 2.50 bits per heavy atom. The number of aryl methyl sites for hydroxylation is 1. The van der Waals surface area contributed by atoms with Crippen LogP contribution in [0.5, 0.6) is 5.75 Å². The molecule has 1 aromatic carbocycles. The summed E-state index contributed by atoms with van der Waals surface area (Å²) in [5.74, 6) is 0.904. The van der Waals surface area contributed by atoms with Gasteiger partial charge in [-0.3, -0.25) is 0 Å². The van der Waals surface area contributed by atoms with E-state index in [0.29, 0.717) is 6.04 Å². The zero-order valence-corrected chi connectivity index (χ0v) is 14.5. The number of halogens is 1. The first-order valence-electron chi connectivity index (χ1n) is 6.76. The Morgan fingerprint density at radius 2 is 2.00 bits per heavy atom. The molecule has 4 heteroatoms. The van der Waals surface area contributed by atoms with Crippen LogP contribution in [0, 0.1) is 6.92 Å². The van der Waals surface area contributed by atoms with Gasteiger partial charge in [0.2, 0.25) is 0 Å². The van der Waals surface area contributed by atoms with Gasteiger partial charge in [-0.05, 0) is 53.0 Å². The molecule has 2 nitrogen and oxygen atoms in total. The number of hydrogen-bond acceptors (Lipinski definition) is 3. The number of ether oxygens (including phenoxy) is 1. The van der Waals surface area contributed by atoms with E-state index in [9.17, 15) is 0 Å². The Bertz CT molecular complexity index is 531. The lowest BCUT2D eigenvalue weighted by Crippen LogP contribution is -2.19. The third kappa shape index (κ3) is 3.84. The van der Waals surface area contributed by atoms with E-state index >= 15 is 0 Å². The lowest BCUT2D eigenvalue weighted by atomic mass is 10.0. The minimum Gasteiger partial charge on any atom is -0.497 e. The molecule has 0 bridgehead atoms. The van der Waals surface area contributed by atoms with Crippen LogP contribution in [0.4, 0.5) is 0 Å². The zero-order valence-electron chi connectivity index (χ0n) is 12.1. The molecular weight excluding hydrogens is 334 g/mol. The van der Waals surface area contributed by atoms with Gasteiger partial charge < -0.3 is 10.1 Å². The zero-order chi connectivity index (χ0) is 14.5. The molecule has 0 spiro atoms. The second kappa shape index (κ2) is 7.25. The molecule has 0 amide bonds. The SMILES string of the molecule is CCC(NCc1cc(Br)c(C)s1)c1ccc(OC)cc1. The first kappa shape index (κ1) is 15.5. The van der Waals surface area contributed by atoms with E-state index in [1.807, 2.05) is 23.5 Å². The summed E-state index contributed by atoms with van der Waals surface area (Å²) in [7, 11) is 1.70. The van der Waals surface area contributed by atoms with E-state index in [0.717, 1.165) is 18.7 Å². The molecule has 0 aliphatic heterocycles. The van der Waals surface area contributed by atoms with Crippen molar-refractivity contribution in [3.05, 3.63) is 50.1 Å². The molecule has 1 aromatic heterocycles. The molecule has 1 unspecified atom stereocenters. The summed E-state index contributed by atoms with van der Waals surface area (Å²) in [4.78, 5) is 2.70. The summed E-state index contributed by atoms with van der Waals surface area (Å²) in [6.45, 7) is 5.25. The molecule has 0 radical (unpaired) electrons. The van der Waals surface area contributed by atoms with Gasteiger partial charge in [-0.1, -0.05) is 19.1 Å². The van der Waals surface area contributed by atoms with Crippen molar-refractivity contribution in [2.45, 2.75) is 32.9 Å². The van der Waals surface area contributed by atoms with Gasteiger partial charge in [-0.25, -0.2) is 0 Å². The van der Waals surface area contributed by atoms with E-state index in [2.05, 4.69) is 53.3 Å². The summed E-state index contributed by atoms with van der Waals surface area (Å²) in [6, 6.07) is 10.9. The van der Waals surface area contributed by atoms with Crippen molar-refractivity contribution in [1.82, 2.24) is 5.32 Å². The first-order valence-corrected chi connectivity index (χ1v) is 8.37. The smallest absolute Gasteiger partial charge is 0.118 e. The van der Waals surface area contributed by atoms with Crippen LogP contribution in [0.1, 0.15) is 34.7 Å². The number of benzene rings is 1. The first-order chi connectivity index (χ1) is 9.63. The van der Waals surface area contributed by atoms with Crippen molar-refractivity contribution >= 4 is 27.3 Å². The van der Waals surface area contributed by atoms with Crippen molar-refractivity contribution in [1.29, 1.82) is 0 Å². The number of methoxy groups -OCH3 is 1. The number of rotatable bonds is 6. The highest BCUT2D eigenvalue weighted by Gasteiger charge is 2.10. The predicted molar refractivity (Wildman–Crippen MR) is 89.6 cm³/mol. The van der Waals surface area contributed by atoms with Gasteiger partial charge in [0.15, 0.2) is 0 Å². The van der Waals surface area contributed by atoms with E-state index in [1.54, 1.807) is 7.11 Å². The van der Waals surface area contributed by atoms with Gasteiger partial charge in [-0.2, -0.15) is 0 Å². The average Bonchev–Trinajstić information content (AvgIpc) is 2.79. The molecule has 108 valence electrons. The Morgan fingerprint density at radius 1 is 1.30 bits per heavy atom. The number of thiophene rings is 1. The second-order valence-electron chi connectivity index (χ2n) is 4.73. The lowest BCUT2D eigenvalue weighted by molar-refractivity contribution is 0.414. The fraction of sp³-hybridized carbons (Fsp3) is 0.375. The fourth-order valence-electron chi connectivity index (χ4n) is 2.16. The highest BCUT2D eigenvalue weighted by atomic mass is 79.9. The summed E-state index contributed by atoms with van der Waals surface area (Å²) in [6.07, 6.45) is 1.07. The molecule has 20 heavy (non-hydrogen) atoms. The molecule has 0 aliphatic rings. The second-order valence-corrected chi connectivity index (χ2v) is 6.93. The maximum atomic E-state index is 5.20. The van der Waals surface area contributed by atoms with Gasteiger partial charge in [0.25, 0.3) is 0 Å². The Kier molecular flexibility index (Phi) is 5.64. The number of hydrogen-bond donors (Lipinski definition) is 1. The minimum absolute atomic E-state index is 0.377. The van der Waals surface area contributed by atoms with Crippen LogP contribution in [-0.4, -0.2) is 7.11 Å². The van der Waals surface area contributed by atoms with Crippen molar-refractivity contribution in [3.63, 3.8) is 0 Å². The monoisotopic (exact) mass is 353 g/mol. The molecule has 0 saturated carbocycles. The van der Waals surface area contributed by atoms with E-state index < -0.39 is 0 Å². The van der Waals surface area contributed by atoms with Crippen molar-refractivity contribution < 1.29 is 4.74 Å². The minimum atomic E-state index is 0.377. The molecule has 2 rings (SSSR count). The molecular formula is C16H20BrNOS. The molecule has 0 saturated heterocycles. The van der Waals surface area contributed by atoms with E-state index in [-0.39, 0.29) is 0 Å². The Labute approximate surface area is 133 Å². The van der Waals surface area contributed by atoms with Crippen molar-refractivity contribution in [2.24, 2.45) is 0 Å². The maximum Gasteiger partial charge on any atom is 0.118 e. The molecule has 0 aliphatic carbocycles. The van der Waals surface area contributed by atoms with Crippen LogP contribution >= 0.6 is 27.3 Å². The van der Waals surface area contributed by atoms with E-state index in [1.165, 1.54) is 19.8 Å². The molecule has 0 fully saturated rings. The van der Waals surface area contributed by atoms with Gasteiger partial charge in [0, 0.05) is 26.8 Å². The van der Waals surface area contributed by atoms with E-state index in [4.69, 9.17) is 4.74 Å². The van der Waals surface area contributed by atoms with Crippen LogP contribution in [-0.2, 0) is 6.54 Å². The van der Waals surface area contributed by atoms with Crippen LogP contribution < -0.4 is 10.1 Å². The Balaban J connectivity index is 2.00. The van der Waals surface area contributed by atoms with Crippen LogP contribution in [0.25, 0.3) is 0 Å². The maximum absolute atomic E-state index is 5.20. The molecule has 1 heterocycles. The van der Waals surface area contributed by atoms with Crippen molar-refractivity contribution in [2.75, 3.05) is 7.11 Å². The number of nitrogens with one attached hydrogen (secondary N) is 1. The third-order valence-electron chi connectivity index (χ3n) is 3.36. The van der Waals surface area contributed by atoms with Gasteiger partial charge >= 0.3 is 0 Å². The summed E-state index contributed by atoms with van der Waals surface area (Å²) < 4.78 is 6.41. The third-order valence-corrected chi connectivity index (χ3v) is 5.49. The Hall–Kier alpha value is -0.840. The van der Waals surface area contributed by atoms with Crippen LogP contribution in [0.2, 0.25) is 0 Å². The highest BCUT2D eigenvalue weighted by molar-refractivity contribution is 9.10. The van der Waals surface area contributed by atoms with Gasteiger partial charge in [-0.15, -0.1) is 11.3 Å². The molecule has 2 aromatic rings. The molecule has 1 N–H and O–H groups in total. The quantitative estimate of drug-likeness (QED) is 0.782. The predicted octanol–water partition coefficient (Wildman–Crippen LogP) is 5.07. The van der Waals surface area contributed by atoms with Gasteiger partial charge in [0.1, 0.15) is 5.75 Å². The largest absolute Gasteiger partial charge is 0.497 e. The average molecular weight is 354 g/mol. The van der Waals surface area contributed by atoms with Crippen LogP contribution in [0.3, 0.4) is 0 Å². The molecule has 1 atom stereocenters. The topological polar surface area (TPSA) is 21.3 Å². The van der Waals surface area contributed by atoms with Crippen molar-refractivity contribution in [3.8, 4) is 5.75 Å². The summed E-state index contributed by atoms with van der Waals surface area (Å²) in [5, 5.41) is 3.63. The van der Waals surface area contributed by atoms with Gasteiger partial charge in [0.05, 0.1) is 7.11 Å². The lowest BCUT2D eigenvalue weighted by Gasteiger charge is -2.17. The normalized spacial score (nSPS) is 12.4. The standard InChI is InChI=1S/C16H20BrNOS/c1-4-16(12-5-7-13(19-3)8-6-12)18-10-14-9-15(17)11(2)20-14/h5-9,16,18H,4,10H2,1-3H3. The summed E-state index contributed by atoms with van der Waals surface area (Å²) >= 11 is 5.41. The fourth-order valence-corrected chi connectivity index (χ4v) is 3.72. The van der Waals surface area contributed by atoms with Crippen LogP contribution in [0.15, 0.2) is 34.8 Å².